The number of likely N-dealkylation sites (tertiary alicyclic amines) is 1. The molecule has 2 aromatic rings. The molecule has 0 radical (unpaired) electrons. The zero-order valence-corrected chi connectivity index (χ0v) is 16.1. The zero-order valence-electron chi connectivity index (χ0n) is 13.7. The number of hydrogen-bond donors (Lipinski definition) is 2. The predicted molar refractivity (Wildman–Crippen MR) is 102 cm³/mol. The molecular formula is C19H13BrClNO5. The molecule has 3 rings (SSSR count). The number of carbonyl (C=O) groups excluding carboxylic acids is 2. The molecule has 1 atom stereocenters. The smallest absolute Gasteiger partial charge is 0.323 e. The Kier molecular flexibility index (Phi) is 5.34. The van der Waals surface area contributed by atoms with Crippen molar-refractivity contribution in [3.8, 4) is 0 Å². The molecule has 0 bridgehead atoms. The summed E-state index contributed by atoms with van der Waals surface area (Å²) in [6, 6.07) is 11.8. The van der Waals surface area contributed by atoms with Crippen LogP contribution >= 0.6 is 27.5 Å². The standard InChI is InChI=1S/C19H13BrClNO5/c20-12-5-1-10(2-6-12)16-15(17(25)11-3-7-13(21)8-4-11)18(26)19(27)22(16)9-14(23)24/h1-8,16,25H,9H2,(H,23,24)/t16-/m1/s1. The fraction of sp³-hybridized carbons (Fsp3) is 0.105. The maximum atomic E-state index is 12.6. The van der Waals surface area contributed by atoms with Crippen LogP contribution in [0.3, 0.4) is 0 Å². The van der Waals surface area contributed by atoms with Crippen molar-refractivity contribution in [1.82, 2.24) is 4.90 Å². The molecule has 27 heavy (non-hydrogen) atoms. The average molecular weight is 451 g/mol. The van der Waals surface area contributed by atoms with Crippen molar-refractivity contribution < 1.29 is 24.6 Å². The first-order chi connectivity index (χ1) is 12.8. The van der Waals surface area contributed by atoms with Crippen molar-refractivity contribution in [2.75, 3.05) is 6.54 Å². The predicted octanol–water partition coefficient (Wildman–Crippen LogP) is 3.61. The second-order valence-electron chi connectivity index (χ2n) is 5.88. The van der Waals surface area contributed by atoms with Gasteiger partial charge in [-0.05, 0) is 42.0 Å². The minimum Gasteiger partial charge on any atom is -0.507 e. The molecule has 0 unspecified atom stereocenters. The van der Waals surface area contributed by atoms with E-state index in [0.29, 0.717) is 16.1 Å². The van der Waals surface area contributed by atoms with Gasteiger partial charge in [0.2, 0.25) is 0 Å². The highest BCUT2D eigenvalue weighted by Crippen LogP contribution is 2.39. The maximum Gasteiger partial charge on any atom is 0.323 e. The largest absolute Gasteiger partial charge is 0.507 e. The lowest BCUT2D eigenvalue weighted by atomic mass is 9.95. The summed E-state index contributed by atoms with van der Waals surface area (Å²) in [7, 11) is 0. The number of aliphatic hydroxyl groups is 1. The van der Waals surface area contributed by atoms with Gasteiger partial charge < -0.3 is 15.1 Å². The molecule has 0 saturated carbocycles. The van der Waals surface area contributed by atoms with E-state index in [2.05, 4.69) is 15.9 Å². The number of aliphatic carboxylic acids is 1. The number of nitrogens with zero attached hydrogens (tertiary/aromatic N) is 1. The van der Waals surface area contributed by atoms with Crippen LogP contribution in [0.1, 0.15) is 17.2 Å². The first-order valence-corrected chi connectivity index (χ1v) is 8.98. The van der Waals surface area contributed by atoms with E-state index in [9.17, 15) is 19.5 Å². The molecule has 1 fully saturated rings. The number of carbonyl (C=O) groups is 3. The Bertz CT molecular complexity index is 953. The van der Waals surface area contributed by atoms with Crippen LogP contribution in [0.25, 0.3) is 5.76 Å². The summed E-state index contributed by atoms with van der Waals surface area (Å²) >= 11 is 9.16. The van der Waals surface area contributed by atoms with Crippen LogP contribution in [0, 0.1) is 0 Å². The number of Topliss-reactive ketones (excluding diaryl/α,β-unsaturated/α-hetero) is 1. The Balaban J connectivity index is 2.19. The summed E-state index contributed by atoms with van der Waals surface area (Å²) in [4.78, 5) is 37.2. The highest BCUT2D eigenvalue weighted by Gasteiger charge is 2.46. The van der Waals surface area contributed by atoms with E-state index in [1.165, 1.54) is 12.1 Å². The van der Waals surface area contributed by atoms with Crippen molar-refractivity contribution in [3.63, 3.8) is 0 Å². The molecule has 1 aliphatic rings. The molecule has 0 spiro atoms. The van der Waals surface area contributed by atoms with Gasteiger partial charge in [0.1, 0.15) is 12.3 Å². The van der Waals surface area contributed by atoms with Crippen LogP contribution in [0.5, 0.6) is 0 Å². The van der Waals surface area contributed by atoms with Crippen LogP contribution in [-0.2, 0) is 14.4 Å². The number of amides is 1. The lowest BCUT2D eigenvalue weighted by molar-refractivity contribution is -0.146. The Hall–Kier alpha value is -2.64. The second-order valence-corrected chi connectivity index (χ2v) is 7.23. The van der Waals surface area contributed by atoms with E-state index in [-0.39, 0.29) is 11.3 Å². The van der Waals surface area contributed by atoms with Gasteiger partial charge in [0.25, 0.3) is 11.7 Å². The van der Waals surface area contributed by atoms with Crippen LogP contribution in [0.2, 0.25) is 5.02 Å². The highest BCUT2D eigenvalue weighted by molar-refractivity contribution is 9.10. The fourth-order valence-electron chi connectivity index (χ4n) is 2.94. The molecule has 6 nitrogen and oxygen atoms in total. The van der Waals surface area contributed by atoms with Gasteiger partial charge in [-0.15, -0.1) is 0 Å². The van der Waals surface area contributed by atoms with Crippen LogP contribution in [0.15, 0.2) is 58.6 Å². The van der Waals surface area contributed by atoms with Gasteiger partial charge in [0.05, 0.1) is 11.6 Å². The van der Waals surface area contributed by atoms with E-state index in [0.717, 1.165) is 9.37 Å². The van der Waals surface area contributed by atoms with Gasteiger partial charge in [-0.2, -0.15) is 0 Å². The van der Waals surface area contributed by atoms with Crippen LogP contribution in [-0.4, -0.2) is 39.3 Å². The number of halogens is 2. The molecule has 0 aliphatic carbocycles. The first-order valence-electron chi connectivity index (χ1n) is 7.81. The number of ketones is 1. The minimum atomic E-state index is -1.26. The molecule has 138 valence electrons. The second kappa shape index (κ2) is 7.54. The Morgan fingerprint density at radius 3 is 2.19 bits per heavy atom. The summed E-state index contributed by atoms with van der Waals surface area (Å²) in [5.41, 5.74) is 0.648. The quantitative estimate of drug-likeness (QED) is 0.421. The minimum absolute atomic E-state index is 0.161. The molecule has 1 heterocycles. The molecule has 1 amide bonds. The molecule has 2 aromatic carbocycles. The SMILES string of the molecule is O=C(O)CN1C(=O)C(=O)C(=C(O)c2ccc(Cl)cc2)[C@H]1c1ccc(Br)cc1. The fourth-order valence-corrected chi connectivity index (χ4v) is 3.33. The monoisotopic (exact) mass is 449 g/mol. The number of benzene rings is 2. The highest BCUT2D eigenvalue weighted by atomic mass is 79.9. The first kappa shape index (κ1) is 19.1. The molecule has 2 N–H and O–H groups in total. The summed E-state index contributed by atoms with van der Waals surface area (Å²) < 4.78 is 0.777. The lowest BCUT2D eigenvalue weighted by Crippen LogP contribution is -2.34. The van der Waals surface area contributed by atoms with E-state index in [4.69, 9.17) is 16.7 Å². The molecule has 0 aromatic heterocycles. The van der Waals surface area contributed by atoms with Crippen molar-refractivity contribution in [3.05, 3.63) is 74.7 Å². The molecule has 1 saturated heterocycles. The number of carboxylic acid groups (broad SMARTS) is 1. The normalized spacial score (nSPS) is 18.7. The van der Waals surface area contributed by atoms with E-state index in [1.54, 1.807) is 36.4 Å². The van der Waals surface area contributed by atoms with Gasteiger partial charge in [-0.1, -0.05) is 39.7 Å². The van der Waals surface area contributed by atoms with Crippen LogP contribution in [0.4, 0.5) is 0 Å². The summed E-state index contributed by atoms with van der Waals surface area (Å²) in [6.45, 7) is -0.664. The van der Waals surface area contributed by atoms with Gasteiger partial charge in [0, 0.05) is 15.1 Å². The Morgan fingerprint density at radius 2 is 1.63 bits per heavy atom. The van der Waals surface area contributed by atoms with Gasteiger partial charge in [-0.25, -0.2) is 0 Å². The average Bonchev–Trinajstić information content (AvgIpc) is 2.87. The van der Waals surface area contributed by atoms with E-state index < -0.39 is 30.2 Å². The summed E-state index contributed by atoms with van der Waals surface area (Å²) in [5, 5.41) is 20.3. The number of carboxylic acids is 1. The summed E-state index contributed by atoms with van der Waals surface area (Å²) in [6.07, 6.45) is 0. The zero-order chi connectivity index (χ0) is 19.7. The molecule has 1 aliphatic heterocycles. The Morgan fingerprint density at radius 1 is 1.04 bits per heavy atom. The Labute approximate surface area is 167 Å². The number of hydrogen-bond acceptors (Lipinski definition) is 4. The van der Waals surface area contributed by atoms with Crippen molar-refractivity contribution >= 4 is 50.9 Å². The summed E-state index contributed by atoms with van der Waals surface area (Å²) in [5.74, 6) is -3.55. The van der Waals surface area contributed by atoms with Gasteiger partial charge >= 0.3 is 5.97 Å². The van der Waals surface area contributed by atoms with Gasteiger partial charge in [0.15, 0.2) is 0 Å². The third kappa shape index (κ3) is 3.74. The van der Waals surface area contributed by atoms with Crippen LogP contribution < -0.4 is 0 Å². The maximum absolute atomic E-state index is 12.6. The van der Waals surface area contributed by atoms with E-state index in [1.807, 2.05) is 0 Å². The third-order valence-electron chi connectivity index (χ3n) is 4.15. The third-order valence-corrected chi connectivity index (χ3v) is 4.93. The lowest BCUT2D eigenvalue weighted by Gasteiger charge is -2.23. The topological polar surface area (TPSA) is 94.9 Å². The molecule has 8 heteroatoms. The van der Waals surface area contributed by atoms with Crippen molar-refractivity contribution in [2.45, 2.75) is 6.04 Å². The van der Waals surface area contributed by atoms with E-state index >= 15 is 0 Å². The number of aliphatic hydroxyl groups excluding tert-OH is 1. The number of rotatable bonds is 4. The van der Waals surface area contributed by atoms with Crippen molar-refractivity contribution in [1.29, 1.82) is 0 Å². The van der Waals surface area contributed by atoms with Crippen molar-refractivity contribution in [2.24, 2.45) is 0 Å². The van der Waals surface area contributed by atoms with Gasteiger partial charge in [-0.3, -0.25) is 14.4 Å². The molecular weight excluding hydrogens is 438 g/mol.